The van der Waals surface area contributed by atoms with Gasteiger partial charge in [0.2, 0.25) is 5.91 Å². The minimum atomic E-state index is -0.228. The third kappa shape index (κ3) is 7.47. The van der Waals surface area contributed by atoms with Crippen LogP contribution >= 0.6 is 24.2 Å². The highest BCUT2D eigenvalue weighted by Gasteiger charge is 2.12. The van der Waals surface area contributed by atoms with Gasteiger partial charge < -0.3 is 10.6 Å². The van der Waals surface area contributed by atoms with E-state index in [1.54, 1.807) is 23.9 Å². The zero-order chi connectivity index (χ0) is 14.9. The number of amides is 1. The molecule has 2 N–H and O–H groups in total. The van der Waals surface area contributed by atoms with Gasteiger partial charge in [0.25, 0.3) is 0 Å². The maximum atomic E-state index is 12.8. The number of carbonyl (C=O) groups excluding carboxylic acids is 1. The molecule has 6 heteroatoms. The maximum absolute atomic E-state index is 12.8. The third-order valence-electron chi connectivity index (χ3n) is 3.69. The maximum Gasteiger partial charge on any atom is 0.220 e. The van der Waals surface area contributed by atoms with Crippen molar-refractivity contribution in [1.82, 2.24) is 10.6 Å². The molecule has 0 aromatic heterocycles. The molecule has 1 atom stereocenters. The quantitative estimate of drug-likeness (QED) is 0.745. The van der Waals surface area contributed by atoms with E-state index in [1.807, 2.05) is 0 Å². The van der Waals surface area contributed by atoms with Crippen LogP contribution in [0.25, 0.3) is 0 Å². The van der Waals surface area contributed by atoms with Gasteiger partial charge in [-0.1, -0.05) is 0 Å². The molecule has 1 aliphatic rings. The number of piperidine rings is 1. The molecule has 1 aromatic carbocycles. The Morgan fingerprint density at radius 2 is 2.14 bits per heavy atom. The summed E-state index contributed by atoms with van der Waals surface area (Å²) in [6.07, 6.45) is 4.07. The summed E-state index contributed by atoms with van der Waals surface area (Å²) in [5, 5.41) is 6.37. The second-order valence-corrected chi connectivity index (χ2v) is 6.57. The molecule has 124 valence electrons. The third-order valence-corrected chi connectivity index (χ3v) is 4.70. The SMILES string of the molecule is Cl.O=C(CCSc1ccc(F)cc1)NCCC1CCCNC1. The molecule has 1 fully saturated rings. The van der Waals surface area contributed by atoms with Crippen LogP contribution in [0.5, 0.6) is 0 Å². The van der Waals surface area contributed by atoms with Crippen LogP contribution in [0, 0.1) is 11.7 Å². The molecule has 1 aliphatic heterocycles. The Labute approximate surface area is 142 Å². The summed E-state index contributed by atoms with van der Waals surface area (Å²) in [5.74, 6) is 1.30. The van der Waals surface area contributed by atoms with Crippen LogP contribution in [0.15, 0.2) is 29.2 Å². The van der Waals surface area contributed by atoms with E-state index in [-0.39, 0.29) is 24.1 Å². The second-order valence-electron chi connectivity index (χ2n) is 5.40. The van der Waals surface area contributed by atoms with Crippen LogP contribution in [-0.2, 0) is 4.79 Å². The fourth-order valence-electron chi connectivity index (χ4n) is 2.47. The van der Waals surface area contributed by atoms with Crippen LogP contribution in [0.1, 0.15) is 25.7 Å². The van der Waals surface area contributed by atoms with Crippen LogP contribution < -0.4 is 10.6 Å². The molecule has 1 unspecified atom stereocenters. The van der Waals surface area contributed by atoms with Gasteiger partial charge in [0, 0.05) is 23.6 Å². The Morgan fingerprint density at radius 1 is 1.36 bits per heavy atom. The first-order chi connectivity index (χ1) is 10.2. The standard InChI is InChI=1S/C16H23FN2OS.ClH/c17-14-3-5-15(6-4-14)21-11-8-16(20)19-10-7-13-2-1-9-18-12-13;/h3-6,13,18H,1-2,7-12H2,(H,19,20);1H. The van der Waals surface area contributed by atoms with Gasteiger partial charge in [0.05, 0.1) is 0 Å². The Bertz CT molecular complexity index is 438. The van der Waals surface area contributed by atoms with Gasteiger partial charge >= 0.3 is 0 Å². The number of rotatable bonds is 7. The average Bonchev–Trinajstić information content (AvgIpc) is 2.50. The monoisotopic (exact) mass is 346 g/mol. The van der Waals surface area contributed by atoms with E-state index in [9.17, 15) is 9.18 Å². The lowest BCUT2D eigenvalue weighted by Crippen LogP contribution is -2.33. The van der Waals surface area contributed by atoms with E-state index in [1.165, 1.54) is 25.0 Å². The van der Waals surface area contributed by atoms with Gasteiger partial charge in [-0.25, -0.2) is 4.39 Å². The van der Waals surface area contributed by atoms with Crippen molar-refractivity contribution in [2.45, 2.75) is 30.6 Å². The number of hydrogen-bond acceptors (Lipinski definition) is 3. The number of halogens is 2. The number of hydrogen-bond donors (Lipinski definition) is 2. The normalized spacial score (nSPS) is 17.6. The van der Waals surface area contributed by atoms with Crippen molar-refractivity contribution in [3.8, 4) is 0 Å². The Kier molecular flexibility index (Phi) is 9.52. The van der Waals surface area contributed by atoms with Gasteiger partial charge in [0.15, 0.2) is 0 Å². The predicted octanol–water partition coefficient (Wildman–Crippen LogP) is 3.24. The lowest BCUT2D eigenvalue weighted by atomic mass is 9.96. The summed E-state index contributed by atoms with van der Waals surface area (Å²) in [4.78, 5) is 12.7. The molecule has 0 bridgehead atoms. The van der Waals surface area contributed by atoms with Gasteiger partial charge in [0.1, 0.15) is 5.82 Å². The molecule has 0 spiro atoms. The summed E-state index contributed by atoms with van der Waals surface area (Å²) in [6.45, 7) is 2.98. The zero-order valence-corrected chi connectivity index (χ0v) is 14.3. The van der Waals surface area contributed by atoms with Crippen LogP contribution in [0.2, 0.25) is 0 Å². The molecule has 22 heavy (non-hydrogen) atoms. The summed E-state index contributed by atoms with van der Waals surface area (Å²) < 4.78 is 12.8. The minimum absolute atomic E-state index is 0. The van der Waals surface area contributed by atoms with Crippen molar-refractivity contribution >= 4 is 30.1 Å². The molecule has 0 saturated carbocycles. The smallest absolute Gasteiger partial charge is 0.220 e. The van der Waals surface area contributed by atoms with E-state index >= 15 is 0 Å². The predicted molar refractivity (Wildman–Crippen MR) is 92.2 cm³/mol. The van der Waals surface area contributed by atoms with Crippen molar-refractivity contribution in [2.75, 3.05) is 25.4 Å². The Balaban J connectivity index is 0.00000242. The Morgan fingerprint density at radius 3 is 2.82 bits per heavy atom. The second kappa shape index (κ2) is 10.9. The number of thioether (sulfide) groups is 1. The topological polar surface area (TPSA) is 41.1 Å². The highest BCUT2D eigenvalue weighted by atomic mass is 35.5. The molecule has 1 heterocycles. The van der Waals surface area contributed by atoms with Gasteiger partial charge in [-0.3, -0.25) is 4.79 Å². The van der Waals surface area contributed by atoms with Crippen LogP contribution in [0.4, 0.5) is 4.39 Å². The molecule has 3 nitrogen and oxygen atoms in total. The molecular weight excluding hydrogens is 323 g/mol. The summed E-state index contributed by atoms with van der Waals surface area (Å²) in [5.41, 5.74) is 0. The van der Waals surface area contributed by atoms with Gasteiger partial charge in [-0.05, 0) is 62.5 Å². The lowest BCUT2D eigenvalue weighted by molar-refractivity contribution is -0.120. The highest BCUT2D eigenvalue weighted by Crippen LogP contribution is 2.18. The Hall–Kier alpha value is -0.780. The average molecular weight is 347 g/mol. The number of nitrogens with one attached hydrogen (secondary N) is 2. The first kappa shape index (κ1) is 19.3. The molecule has 1 aromatic rings. The van der Waals surface area contributed by atoms with E-state index in [4.69, 9.17) is 0 Å². The first-order valence-electron chi connectivity index (χ1n) is 7.60. The molecule has 1 saturated heterocycles. The minimum Gasteiger partial charge on any atom is -0.356 e. The van der Waals surface area contributed by atoms with E-state index in [0.717, 1.165) is 36.7 Å². The highest BCUT2D eigenvalue weighted by molar-refractivity contribution is 7.99. The van der Waals surface area contributed by atoms with Crippen molar-refractivity contribution in [3.63, 3.8) is 0 Å². The number of carbonyl (C=O) groups is 1. The molecule has 2 rings (SSSR count). The van der Waals surface area contributed by atoms with Gasteiger partial charge in [-0.15, -0.1) is 24.2 Å². The van der Waals surface area contributed by atoms with Crippen LogP contribution in [-0.4, -0.2) is 31.3 Å². The first-order valence-corrected chi connectivity index (χ1v) is 8.58. The van der Waals surface area contributed by atoms with Crippen molar-refractivity contribution in [1.29, 1.82) is 0 Å². The fraction of sp³-hybridized carbons (Fsp3) is 0.562. The summed E-state index contributed by atoms with van der Waals surface area (Å²) in [6, 6.07) is 6.38. The molecule has 0 radical (unpaired) electrons. The van der Waals surface area contributed by atoms with Crippen molar-refractivity contribution in [2.24, 2.45) is 5.92 Å². The summed E-state index contributed by atoms with van der Waals surface area (Å²) >= 11 is 1.58. The number of benzene rings is 1. The van der Waals surface area contributed by atoms with E-state index in [2.05, 4.69) is 10.6 Å². The molecule has 0 aliphatic carbocycles. The van der Waals surface area contributed by atoms with Crippen molar-refractivity contribution in [3.05, 3.63) is 30.1 Å². The van der Waals surface area contributed by atoms with E-state index in [0.29, 0.717) is 12.3 Å². The summed E-state index contributed by atoms with van der Waals surface area (Å²) in [7, 11) is 0. The molecule has 1 amide bonds. The fourth-order valence-corrected chi connectivity index (χ4v) is 3.32. The van der Waals surface area contributed by atoms with Crippen LogP contribution in [0.3, 0.4) is 0 Å². The van der Waals surface area contributed by atoms with Gasteiger partial charge in [-0.2, -0.15) is 0 Å². The lowest BCUT2D eigenvalue weighted by Gasteiger charge is -2.22. The zero-order valence-electron chi connectivity index (χ0n) is 12.6. The largest absolute Gasteiger partial charge is 0.356 e. The van der Waals surface area contributed by atoms with Crippen molar-refractivity contribution < 1.29 is 9.18 Å². The van der Waals surface area contributed by atoms with E-state index < -0.39 is 0 Å². The molecular formula is C16H24ClFN2OS.